The number of benzene rings is 1. The van der Waals surface area contributed by atoms with E-state index in [-0.39, 0.29) is 11.9 Å². The normalized spacial score (nSPS) is 19.2. The third kappa shape index (κ3) is 3.86. The lowest BCUT2D eigenvalue weighted by atomic mass is 10.0. The van der Waals surface area contributed by atoms with E-state index in [4.69, 9.17) is 4.74 Å². The average Bonchev–Trinajstić information content (AvgIpc) is 3.16. The van der Waals surface area contributed by atoms with Crippen molar-refractivity contribution in [1.82, 2.24) is 4.90 Å². The molecule has 0 bridgehead atoms. The highest BCUT2D eigenvalue weighted by atomic mass is 32.1. The number of amides is 1. The Balaban J connectivity index is 1.72. The number of hydrogen-bond acceptors (Lipinski definition) is 4. The van der Waals surface area contributed by atoms with Gasteiger partial charge in [-0.2, -0.15) is 0 Å². The maximum absolute atomic E-state index is 12.9. The summed E-state index contributed by atoms with van der Waals surface area (Å²) in [6.07, 6.45) is 0.899. The Morgan fingerprint density at radius 1 is 1.38 bits per heavy atom. The molecule has 2 aromatic rings. The summed E-state index contributed by atoms with van der Waals surface area (Å²) < 4.78 is 5.55. The minimum absolute atomic E-state index is 0.0179. The molecule has 1 aliphatic rings. The highest BCUT2D eigenvalue weighted by Crippen LogP contribution is 2.26. The summed E-state index contributed by atoms with van der Waals surface area (Å²) in [6.45, 7) is 3.68. The van der Waals surface area contributed by atoms with Crippen LogP contribution in [0.4, 0.5) is 0 Å². The van der Waals surface area contributed by atoms with Crippen molar-refractivity contribution in [3.63, 3.8) is 0 Å². The molecule has 0 aliphatic carbocycles. The Morgan fingerprint density at radius 3 is 2.83 bits per heavy atom. The molecule has 4 nitrogen and oxygen atoms in total. The first-order valence-corrected chi connectivity index (χ1v) is 9.26. The number of aryl methyl sites for hydroxylation is 1. The highest BCUT2D eigenvalue weighted by molar-refractivity contribution is 7.10. The Labute approximate surface area is 146 Å². The Bertz CT molecular complexity index is 654. The van der Waals surface area contributed by atoms with E-state index in [1.807, 2.05) is 46.7 Å². The second kappa shape index (κ2) is 7.92. The molecule has 128 valence electrons. The van der Waals surface area contributed by atoms with E-state index in [9.17, 15) is 9.90 Å². The number of ether oxygens (including phenoxy) is 1. The summed E-state index contributed by atoms with van der Waals surface area (Å²) in [6, 6.07) is 11.5. The van der Waals surface area contributed by atoms with Crippen LogP contribution in [0.15, 0.2) is 41.8 Å². The van der Waals surface area contributed by atoms with Crippen molar-refractivity contribution in [2.75, 3.05) is 19.8 Å². The first-order valence-electron chi connectivity index (χ1n) is 8.38. The van der Waals surface area contributed by atoms with Gasteiger partial charge in [-0.25, -0.2) is 0 Å². The number of aliphatic hydroxyl groups is 1. The highest BCUT2D eigenvalue weighted by Gasteiger charge is 2.30. The van der Waals surface area contributed by atoms with Crippen LogP contribution in [0.5, 0.6) is 0 Å². The molecule has 1 fully saturated rings. The zero-order valence-corrected chi connectivity index (χ0v) is 14.7. The molecule has 3 rings (SSSR count). The average molecular weight is 345 g/mol. The monoisotopic (exact) mass is 345 g/mol. The molecule has 24 heavy (non-hydrogen) atoms. The number of carbonyl (C=O) groups excluding carboxylic acids is 1. The number of thiophene rings is 1. The predicted octanol–water partition coefficient (Wildman–Crippen LogP) is 3.28. The van der Waals surface area contributed by atoms with Crippen molar-refractivity contribution in [3.8, 4) is 0 Å². The SMILES string of the molecule is CCc1ccc(C(=O)N2CCOC[C@@H]2C[C@H](O)c2cccs2)cc1. The van der Waals surface area contributed by atoms with Gasteiger partial charge in [0.1, 0.15) is 0 Å². The van der Waals surface area contributed by atoms with Crippen molar-refractivity contribution >= 4 is 17.2 Å². The Kier molecular flexibility index (Phi) is 5.66. The van der Waals surface area contributed by atoms with Gasteiger partial charge in [0.25, 0.3) is 5.91 Å². The lowest BCUT2D eigenvalue weighted by molar-refractivity contribution is -0.0170. The van der Waals surface area contributed by atoms with Crippen LogP contribution >= 0.6 is 11.3 Å². The van der Waals surface area contributed by atoms with Gasteiger partial charge >= 0.3 is 0 Å². The molecule has 1 aliphatic heterocycles. The maximum atomic E-state index is 12.9. The smallest absolute Gasteiger partial charge is 0.254 e. The molecule has 1 aromatic carbocycles. The fourth-order valence-corrected chi connectivity index (χ4v) is 3.75. The van der Waals surface area contributed by atoms with E-state index >= 15 is 0 Å². The van der Waals surface area contributed by atoms with Crippen LogP contribution < -0.4 is 0 Å². The molecule has 1 amide bonds. The van der Waals surface area contributed by atoms with Crippen molar-refractivity contribution in [2.45, 2.75) is 31.9 Å². The fraction of sp³-hybridized carbons (Fsp3) is 0.421. The van der Waals surface area contributed by atoms with Gasteiger partial charge in [-0.05, 0) is 35.6 Å². The van der Waals surface area contributed by atoms with Crippen molar-refractivity contribution in [3.05, 3.63) is 57.8 Å². The largest absolute Gasteiger partial charge is 0.387 e. The quantitative estimate of drug-likeness (QED) is 0.905. The van der Waals surface area contributed by atoms with E-state index in [0.29, 0.717) is 31.7 Å². The van der Waals surface area contributed by atoms with Crippen LogP contribution in [0.1, 0.15) is 40.2 Å². The van der Waals surface area contributed by atoms with E-state index in [1.54, 1.807) is 0 Å². The van der Waals surface area contributed by atoms with Gasteiger partial charge in [0, 0.05) is 23.4 Å². The minimum Gasteiger partial charge on any atom is -0.387 e. The van der Waals surface area contributed by atoms with E-state index in [2.05, 4.69) is 6.92 Å². The lowest BCUT2D eigenvalue weighted by Crippen LogP contribution is -2.49. The number of aliphatic hydroxyl groups excluding tert-OH is 1. The van der Waals surface area contributed by atoms with E-state index < -0.39 is 6.10 Å². The zero-order valence-electron chi connectivity index (χ0n) is 13.9. The summed E-state index contributed by atoms with van der Waals surface area (Å²) in [5.74, 6) is 0.0179. The molecule has 0 radical (unpaired) electrons. The zero-order chi connectivity index (χ0) is 16.9. The van der Waals surface area contributed by atoms with E-state index in [1.165, 1.54) is 16.9 Å². The van der Waals surface area contributed by atoms with Crippen LogP contribution in [0.25, 0.3) is 0 Å². The second-order valence-electron chi connectivity index (χ2n) is 6.04. The number of carbonyl (C=O) groups is 1. The summed E-state index contributed by atoms with van der Waals surface area (Å²) in [7, 11) is 0. The van der Waals surface area contributed by atoms with Crippen molar-refractivity contribution < 1.29 is 14.6 Å². The van der Waals surface area contributed by atoms with E-state index in [0.717, 1.165) is 11.3 Å². The number of morpholine rings is 1. The van der Waals surface area contributed by atoms with Crippen LogP contribution in [-0.2, 0) is 11.2 Å². The second-order valence-corrected chi connectivity index (χ2v) is 7.02. The molecule has 0 unspecified atom stereocenters. The summed E-state index contributed by atoms with van der Waals surface area (Å²) in [4.78, 5) is 15.6. The third-order valence-electron chi connectivity index (χ3n) is 4.46. The standard InChI is InChI=1S/C19H23NO3S/c1-2-14-5-7-15(8-6-14)19(22)20-9-10-23-13-16(20)12-17(21)18-4-3-11-24-18/h3-8,11,16-17,21H,2,9-10,12-13H2,1H3/t16-,17-/m0/s1. The summed E-state index contributed by atoms with van der Waals surface area (Å²) in [5, 5.41) is 12.4. The first kappa shape index (κ1) is 17.1. The van der Waals surface area contributed by atoms with Gasteiger partial charge in [-0.1, -0.05) is 25.1 Å². The molecule has 0 spiro atoms. The Morgan fingerprint density at radius 2 is 2.17 bits per heavy atom. The molecule has 1 N–H and O–H groups in total. The molecule has 0 saturated carbocycles. The molecule has 5 heteroatoms. The van der Waals surface area contributed by atoms with Gasteiger partial charge in [0.2, 0.25) is 0 Å². The number of hydrogen-bond donors (Lipinski definition) is 1. The van der Waals surface area contributed by atoms with Crippen LogP contribution in [0, 0.1) is 0 Å². The minimum atomic E-state index is -0.561. The van der Waals surface area contributed by atoms with Crippen LogP contribution in [0.3, 0.4) is 0 Å². The molecule has 2 atom stereocenters. The number of nitrogens with zero attached hydrogens (tertiary/aromatic N) is 1. The van der Waals surface area contributed by atoms with Gasteiger partial charge in [0.15, 0.2) is 0 Å². The van der Waals surface area contributed by atoms with Crippen molar-refractivity contribution in [1.29, 1.82) is 0 Å². The molecule has 1 saturated heterocycles. The van der Waals surface area contributed by atoms with Crippen LogP contribution in [0.2, 0.25) is 0 Å². The van der Waals surface area contributed by atoms with Gasteiger partial charge in [-0.3, -0.25) is 4.79 Å². The molecule has 1 aromatic heterocycles. The van der Waals surface area contributed by atoms with Gasteiger partial charge < -0.3 is 14.7 Å². The maximum Gasteiger partial charge on any atom is 0.254 e. The van der Waals surface area contributed by atoms with Gasteiger partial charge in [-0.15, -0.1) is 11.3 Å². The lowest BCUT2D eigenvalue weighted by Gasteiger charge is -2.36. The molecular formula is C19H23NO3S. The third-order valence-corrected chi connectivity index (χ3v) is 5.44. The summed E-state index contributed by atoms with van der Waals surface area (Å²) in [5.41, 5.74) is 1.92. The number of rotatable bonds is 5. The predicted molar refractivity (Wildman–Crippen MR) is 95.4 cm³/mol. The Hall–Kier alpha value is -1.69. The molecular weight excluding hydrogens is 322 g/mol. The fourth-order valence-electron chi connectivity index (χ4n) is 3.02. The van der Waals surface area contributed by atoms with Gasteiger partial charge in [0.05, 0.1) is 25.4 Å². The van der Waals surface area contributed by atoms with Crippen molar-refractivity contribution in [2.24, 2.45) is 0 Å². The molecule has 2 heterocycles. The van der Waals surface area contributed by atoms with Crippen LogP contribution in [-0.4, -0.2) is 41.7 Å². The summed E-state index contributed by atoms with van der Waals surface area (Å²) >= 11 is 1.54. The topological polar surface area (TPSA) is 49.8 Å². The first-order chi connectivity index (χ1) is 11.7.